The van der Waals surface area contributed by atoms with E-state index in [4.69, 9.17) is 0 Å². The Bertz CT molecular complexity index is 4370. The number of hydrogen-bond donors (Lipinski definition) is 0. The van der Waals surface area contributed by atoms with E-state index >= 15 is 0 Å². The third-order valence-corrected chi connectivity index (χ3v) is 18.7. The van der Waals surface area contributed by atoms with Crippen LogP contribution in [0.15, 0.2) is 255 Å². The summed E-state index contributed by atoms with van der Waals surface area (Å²) in [6.07, 6.45) is 17.3. The molecule has 0 N–H and O–H groups in total. The fraction of sp³-hybridized carbons (Fsp3) is 0.154. The highest BCUT2D eigenvalue weighted by molar-refractivity contribution is 6.16. The van der Waals surface area contributed by atoms with Crippen molar-refractivity contribution >= 4 is 44.5 Å². The lowest BCUT2D eigenvalue weighted by molar-refractivity contribution is 0.564. The fourth-order valence-electron chi connectivity index (χ4n) is 14.5. The fourth-order valence-corrected chi connectivity index (χ4v) is 14.5. The van der Waals surface area contributed by atoms with E-state index in [0.717, 1.165) is 35.3 Å². The van der Waals surface area contributed by atoms with Crippen molar-refractivity contribution in [1.82, 2.24) is 4.57 Å². The quantitative estimate of drug-likeness (QED) is 0.124. The molecule has 0 amide bonds. The zero-order chi connectivity index (χ0) is 54.7. The zero-order valence-corrected chi connectivity index (χ0v) is 47.0. The molecule has 1 heterocycles. The normalized spacial score (nSPS) is 17.2. The molecule has 1 atom stereocenters. The first kappa shape index (κ1) is 49.3. The summed E-state index contributed by atoms with van der Waals surface area (Å²) >= 11 is 0. The lowest BCUT2D eigenvalue weighted by atomic mass is 9.76. The Balaban J connectivity index is 0.946. The third kappa shape index (κ3) is 7.17. The summed E-state index contributed by atoms with van der Waals surface area (Å²) < 4.78 is 2.35. The van der Waals surface area contributed by atoms with Gasteiger partial charge in [0.15, 0.2) is 0 Å². The van der Waals surface area contributed by atoms with Crippen molar-refractivity contribution < 1.29 is 0 Å². The van der Waals surface area contributed by atoms with Crippen molar-refractivity contribution in [2.45, 2.75) is 77.6 Å². The van der Waals surface area contributed by atoms with Gasteiger partial charge in [-0.15, -0.1) is 0 Å². The maximum absolute atomic E-state index is 4.25. The highest BCUT2D eigenvalue weighted by Gasteiger charge is 2.46. The smallest absolute Gasteiger partial charge is 0.0547 e. The Kier molecular flexibility index (Phi) is 11.4. The predicted octanol–water partition coefficient (Wildman–Crippen LogP) is 21.1. The van der Waals surface area contributed by atoms with Crippen molar-refractivity contribution in [3.63, 3.8) is 0 Å². The molecule has 9 aromatic carbocycles. The Hall–Kier alpha value is -8.98. The monoisotopic (exact) mass is 1030 g/mol. The summed E-state index contributed by atoms with van der Waals surface area (Å²) in [5.74, 6) is 0. The topological polar surface area (TPSA) is 8.17 Å². The molecule has 0 bridgehead atoms. The molecule has 10 aromatic rings. The van der Waals surface area contributed by atoms with Crippen molar-refractivity contribution in [2.75, 3.05) is 4.90 Å². The first-order valence-electron chi connectivity index (χ1n) is 28.7. The predicted molar refractivity (Wildman–Crippen MR) is 342 cm³/mol. The Morgan fingerprint density at radius 3 is 1.93 bits per heavy atom. The molecule has 4 aliphatic rings. The average molecular weight is 1030 g/mol. The molecule has 2 nitrogen and oxygen atoms in total. The number of rotatable bonds is 10. The van der Waals surface area contributed by atoms with Gasteiger partial charge in [0.25, 0.3) is 0 Å². The van der Waals surface area contributed by atoms with Gasteiger partial charge in [-0.05, 0) is 175 Å². The molecule has 0 spiro atoms. The van der Waals surface area contributed by atoms with Crippen LogP contribution in [0.5, 0.6) is 0 Å². The summed E-state index contributed by atoms with van der Waals surface area (Å²) in [6, 6.07) is 73.4. The highest BCUT2D eigenvalue weighted by Crippen LogP contribution is 2.61. The van der Waals surface area contributed by atoms with Crippen molar-refractivity contribution in [3.8, 4) is 55.6 Å². The van der Waals surface area contributed by atoms with Gasteiger partial charge in [0.05, 0.1) is 16.7 Å². The van der Waals surface area contributed by atoms with Crippen molar-refractivity contribution in [1.29, 1.82) is 0 Å². The molecule has 2 heteroatoms. The van der Waals surface area contributed by atoms with E-state index in [1.165, 1.54) is 122 Å². The largest absolute Gasteiger partial charge is 0.310 e. The maximum atomic E-state index is 4.25. The number of nitrogens with zero attached hydrogens (tertiary/aromatic N) is 2. The molecule has 0 saturated heterocycles. The number of anilines is 2. The van der Waals surface area contributed by atoms with Crippen LogP contribution in [0.3, 0.4) is 0 Å². The number of hydrogen-bond acceptors (Lipinski definition) is 1. The van der Waals surface area contributed by atoms with E-state index in [-0.39, 0.29) is 16.2 Å². The molecular formula is C78H66N2. The van der Waals surface area contributed by atoms with Gasteiger partial charge in [-0.2, -0.15) is 0 Å². The third-order valence-electron chi connectivity index (χ3n) is 18.7. The minimum atomic E-state index is -0.251. The summed E-state index contributed by atoms with van der Waals surface area (Å²) in [7, 11) is 0. The van der Waals surface area contributed by atoms with Gasteiger partial charge >= 0.3 is 0 Å². The van der Waals surface area contributed by atoms with Gasteiger partial charge in [0.2, 0.25) is 0 Å². The SMILES string of the molecule is C=C/C(=C\C=C/C)n1c2ccccc2c2c(-c3ccc(N(C4=CCC=CC5=C4c4ccccc4C5(C)C)c4ccc5c(c4)C(C)(CC)c4cc6c(cc4-5)C(C)(C)c4c(-c5ccccc5)ccc(-c5ccccc5)c4-6)cc3)cccc21. The van der Waals surface area contributed by atoms with E-state index in [2.05, 4.69) is 295 Å². The van der Waals surface area contributed by atoms with Crippen LogP contribution >= 0.6 is 0 Å². The molecular weight excluding hydrogens is 965 g/mol. The highest BCUT2D eigenvalue weighted by atomic mass is 15.2. The Morgan fingerprint density at radius 2 is 1.18 bits per heavy atom. The van der Waals surface area contributed by atoms with Crippen molar-refractivity contribution in [2.24, 2.45) is 0 Å². The van der Waals surface area contributed by atoms with Crippen LogP contribution in [0.25, 0.3) is 88.7 Å². The molecule has 0 aliphatic heterocycles. The second-order valence-corrected chi connectivity index (χ2v) is 23.6. The zero-order valence-electron chi connectivity index (χ0n) is 47.0. The summed E-state index contributed by atoms with van der Waals surface area (Å²) in [5, 5.41) is 2.46. The van der Waals surface area contributed by atoms with Crippen LogP contribution in [0, 0.1) is 0 Å². The van der Waals surface area contributed by atoms with E-state index in [1.807, 2.05) is 6.08 Å². The Morgan fingerprint density at radius 1 is 0.550 bits per heavy atom. The number of allylic oxidation sites excluding steroid dienone is 10. The number of benzene rings is 9. The van der Waals surface area contributed by atoms with E-state index in [0.29, 0.717) is 0 Å². The van der Waals surface area contributed by atoms with Crippen LogP contribution in [0.4, 0.5) is 11.4 Å². The van der Waals surface area contributed by atoms with Gasteiger partial charge < -0.3 is 9.47 Å². The molecule has 0 fully saturated rings. The number of aromatic nitrogens is 1. The first-order valence-corrected chi connectivity index (χ1v) is 28.7. The van der Waals surface area contributed by atoms with Gasteiger partial charge in [-0.3, -0.25) is 0 Å². The second-order valence-electron chi connectivity index (χ2n) is 23.6. The van der Waals surface area contributed by atoms with Gasteiger partial charge in [0.1, 0.15) is 0 Å². The van der Waals surface area contributed by atoms with E-state index in [9.17, 15) is 0 Å². The summed E-state index contributed by atoms with van der Waals surface area (Å²) in [4.78, 5) is 2.58. The standard InChI is InChI=1S/C78H66N2/c1-9-12-30-53(10-2)80-69-36-23-20-32-61(69)72-56(33-25-38-70(72)80)52-39-41-54(42-40-52)79(71-37-24-22-35-65-74(71)60-31-19-21-34-64(60)76(65,4)5)55-43-44-59-62-48-66-63(49-68(62)78(8,11-3)67(59)47-55)73-57(50-26-15-13-16-27-50)45-46-58(75(73)77(66,6)7)51-28-17-14-18-29-51/h9-10,12-23,25-49H,2,11,24H2,1,3-8H3/b12-9-,53-30+. The van der Waals surface area contributed by atoms with Crippen LogP contribution < -0.4 is 4.90 Å². The van der Waals surface area contributed by atoms with Gasteiger partial charge in [-0.1, -0.05) is 224 Å². The van der Waals surface area contributed by atoms with Crippen molar-refractivity contribution in [3.05, 3.63) is 288 Å². The summed E-state index contributed by atoms with van der Waals surface area (Å²) in [5.41, 5.74) is 30.1. The number of fused-ring (bicyclic) bond motifs is 11. The first-order chi connectivity index (χ1) is 39.0. The average Bonchev–Trinajstić information content (AvgIpc) is 4.24. The van der Waals surface area contributed by atoms with Crippen LogP contribution in [-0.4, -0.2) is 4.57 Å². The molecule has 388 valence electrons. The lowest BCUT2D eigenvalue weighted by Gasteiger charge is -2.32. The molecule has 80 heavy (non-hydrogen) atoms. The van der Waals surface area contributed by atoms with Gasteiger partial charge in [0, 0.05) is 49.7 Å². The van der Waals surface area contributed by atoms with Crippen LogP contribution in [0.1, 0.15) is 94.7 Å². The molecule has 0 radical (unpaired) electrons. The molecule has 4 aliphatic carbocycles. The van der Waals surface area contributed by atoms with E-state index < -0.39 is 0 Å². The minimum absolute atomic E-state index is 0.165. The lowest BCUT2D eigenvalue weighted by Crippen LogP contribution is -2.22. The van der Waals surface area contributed by atoms with Gasteiger partial charge in [-0.25, -0.2) is 0 Å². The summed E-state index contributed by atoms with van der Waals surface area (Å²) in [6.45, 7) is 20.9. The molecule has 0 saturated carbocycles. The van der Waals surface area contributed by atoms with E-state index in [1.54, 1.807) is 0 Å². The van der Waals surface area contributed by atoms with Crippen LogP contribution in [-0.2, 0) is 16.2 Å². The molecule has 1 unspecified atom stereocenters. The molecule has 14 rings (SSSR count). The number of para-hydroxylation sites is 1. The van der Waals surface area contributed by atoms with Crippen LogP contribution in [0.2, 0.25) is 0 Å². The second kappa shape index (κ2) is 18.6. The minimum Gasteiger partial charge on any atom is -0.310 e. The molecule has 1 aromatic heterocycles. The maximum Gasteiger partial charge on any atom is 0.0547 e. The Labute approximate surface area is 472 Å².